The van der Waals surface area contributed by atoms with Crippen molar-refractivity contribution < 1.29 is 27.9 Å². The molecule has 3 atom stereocenters. The molecule has 12 heteroatoms. The van der Waals surface area contributed by atoms with Crippen molar-refractivity contribution in [3.05, 3.63) is 83.4 Å². The Kier molecular flexibility index (Phi) is 7.46. The third kappa shape index (κ3) is 5.69. The van der Waals surface area contributed by atoms with Crippen LogP contribution in [0.3, 0.4) is 0 Å². The molecule has 0 spiro atoms. The zero-order chi connectivity index (χ0) is 27.7. The normalized spacial score (nSPS) is 21.2. The lowest BCUT2D eigenvalue weighted by Gasteiger charge is -2.39. The molecular formula is C27H25ClF3N5O3. The van der Waals surface area contributed by atoms with Crippen LogP contribution in [0.2, 0.25) is 5.02 Å². The van der Waals surface area contributed by atoms with Gasteiger partial charge in [0, 0.05) is 60.5 Å². The quantitative estimate of drug-likeness (QED) is 0.456. The summed E-state index contributed by atoms with van der Waals surface area (Å²) in [6.45, 7) is 0.0531. The van der Waals surface area contributed by atoms with Gasteiger partial charge in [-0.15, -0.1) is 0 Å². The van der Waals surface area contributed by atoms with Gasteiger partial charge in [-0.3, -0.25) is 14.5 Å². The molecule has 1 saturated heterocycles. The van der Waals surface area contributed by atoms with Crippen LogP contribution in [-0.2, 0) is 9.59 Å². The van der Waals surface area contributed by atoms with Gasteiger partial charge in [0.15, 0.2) is 0 Å². The number of carbonyl (C=O) groups is 2. The number of hydrogen-bond donors (Lipinski definition) is 2. The van der Waals surface area contributed by atoms with Crippen LogP contribution < -0.4 is 15.1 Å². The maximum absolute atomic E-state index is 14.5. The summed E-state index contributed by atoms with van der Waals surface area (Å²) in [5.74, 6) is -4.74. The minimum Gasteiger partial charge on any atom is -0.391 e. The Morgan fingerprint density at radius 1 is 1.10 bits per heavy atom. The second-order valence-electron chi connectivity index (χ2n) is 9.69. The fourth-order valence-corrected chi connectivity index (χ4v) is 5.28. The molecule has 2 aromatic carbocycles. The first-order valence-corrected chi connectivity index (χ1v) is 12.7. The zero-order valence-corrected chi connectivity index (χ0v) is 21.3. The fourth-order valence-electron chi connectivity index (χ4n) is 5.04. The molecule has 2 aliphatic rings. The lowest BCUT2D eigenvalue weighted by atomic mass is 9.87. The van der Waals surface area contributed by atoms with Crippen molar-refractivity contribution >= 4 is 35.1 Å². The number of aromatic nitrogens is 2. The molecule has 1 aliphatic carbocycles. The fraction of sp³-hybridized carbons (Fsp3) is 0.333. The summed E-state index contributed by atoms with van der Waals surface area (Å²) >= 11 is 6.49. The summed E-state index contributed by atoms with van der Waals surface area (Å²) in [4.78, 5) is 39.1. The van der Waals surface area contributed by atoms with Crippen molar-refractivity contribution in [2.45, 2.75) is 49.4 Å². The van der Waals surface area contributed by atoms with E-state index in [1.54, 1.807) is 24.3 Å². The summed E-state index contributed by atoms with van der Waals surface area (Å²) in [5.41, 5.74) is 0.274. The minimum absolute atomic E-state index is 0.00535. The second-order valence-corrected chi connectivity index (χ2v) is 10.1. The number of rotatable bonds is 7. The molecule has 1 aromatic heterocycles. The number of nitrogens with one attached hydrogen (secondary N) is 1. The van der Waals surface area contributed by atoms with Crippen molar-refractivity contribution in [3.63, 3.8) is 0 Å². The van der Waals surface area contributed by atoms with Crippen molar-refractivity contribution in [1.29, 1.82) is 0 Å². The van der Waals surface area contributed by atoms with E-state index in [-0.39, 0.29) is 35.2 Å². The number of aliphatic hydroxyl groups excluding tert-OH is 1. The zero-order valence-electron chi connectivity index (χ0n) is 20.6. The Balaban J connectivity index is 1.59. The lowest BCUT2D eigenvalue weighted by Crippen LogP contribution is -2.56. The number of β-amino-alcohol motifs (C(OH)–C–C–N with tert-alkyl or cyclic N) is 1. The number of halogens is 4. The van der Waals surface area contributed by atoms with Gasteiger partial charge in [0.2, 0.25) is 11.9 Å². The second kappa shape index (κ2) is 10.8. The highest BCUT2D eigenvalue weighted by Gasteiger charge is 2.48. The minimum atomic E-state index is -2.88. The van der Waals surface area contributed by atoms with Gasteiger partial charge in [-0.2, -0.15) is 0 Å². The monoisotopic (exact) mass is 559 g/mol. The van der Waals surface area contributed by atoms with Gasteiger partial charge < -0.3 is 15.3 Å². The molecule has 1 saturated carbocycles. The number of carbonyl (C=O) groups excluding carboxylic acids is 2. The summed E-state index contributed by atoms with van der Waals surface area (Å²) in [5, 5.41) is 13.3. The van der Waals surface area contributed by atoms with Gasteiger partial charge in [0.25, 0.3) is 11.8 Å². The Hall–Kier alpha value is -3.70. The van der Waals surface area contributed by atoms with E-state index >= 15 is 0 Å². The van der Waals surface area contributed by atoms with Crippen LogP contribution in [0, 0.1) is 5.82 Å². The summed E-state index contributed by atoms with van der Waals surface area (Å²) < 4.78 is 41.6. The van der Waals surface area contributed by atoms with E-state index in [0.717, 1.165) is 11.0 Å². The van der Waals surface area contributed by atoms with E-state index in [9.17, 15) is 27.9 Å². The molecule has 2 N–H and O–H groups in total. The highest BCUT2D eigenvalue weighted by molar-refractivity contribution is 6.31. The molecule has 8 nitrogen and oxygen atoms in total. The molecule has 39 heavy (non-hydrogen) atoms. The van der Waals surface area contributed by atoms with Crippen molar-refractivity contribution in [1.82, 2.24) is 15.3 Å². The smallest absolute Gasteiger partial charge is 0.252 e. The van der Waals surface area contributed by atoms with E-state index in [2.05, 4.69) is 15.3 Å². The summed E-state index contributed by atoms with van der Waals surface area (Å²) in [6, 6.07) is 9.84. The van der Waals surface area contributed by atoms with Gasteiger partial charge in [0.05, 0.1) is 6.10 Å². The van der Waals surface area contributed by atoms with Crippen molar-refractivity contribution in [2.75, 3.05) is 16.3 Å². The standard InChI is InChI=1S/C27H25ClF3N5O3/c28-21-8-2-1-7-20(21)23(24(38)34-17-13-27(30,31)14-17)36(18-6-3-5-16(29)11-18)25(39)22-12-19(37)15-35(22)26-32-9-4-10-33-26/h1-11,17,19,22-23,37H,12-15H2,(H,34,38). The maximum atomic E-state index is 14.5. The number of aliphatic hydroxyl groups is 1. The Morgan fingerprint density at radius 3 is 2.49 bits per heavy atom. The Labute approximate surface area is 227 Å². The van der Waals surface area contributed by atoms with Crippen molar-refractivity contribution in [3.8, 4) is 0 Å². The highest BCUT2D eigenvalue weighted by Crippen LogP contribution is 2.39. The van der Waals surface area contributed by atoms with Crippen LogP contribution in [0.4, 0.5) is 24.8 Å². The lowest BCUT2D eigenvalue weighted by molar-refractivity contribution is -0.133. The van der Waals surface area contributed by atoms with Gasteiger partial charge in [-0.25, -0.2) is 23.1 Å². The molecule has 3 aromatic rings. The van der Waals surface area contributed by atoms with Crippen LogP contribution in [0.1, 0.15) is 30.9 Å². The first kappa shape index (κ1) is 26.9. The van der Waals surface area contributed by atoms with Gasteiger partial charge in [-0.05, 0) is 30.3 Å². The van der Waals surface area contributed by atoms with Gasteiger partial charge in [0.1, 0.15) is 17.9 Å². The molecule has 204 valence electrons. The molecule has 1 aliphatic heterocycles. The van der Waals surface area contributed by atoms with Crippen LogP contribution in [-0.4, -0.2) is 57.5 Å². The molecule has 0 bridgehead atoms. The summed E-state index contributed by atoms with van der Waals surface area (Å²) in [7, 11) is 0. The van der Waals surface area contributed by atoms with Gasteiger partial charge in [-0.1, -0.05) is 35.9 Å². The van der Waals surface area contributed by atoms with Crippen LogP contribution >= 0.6 is 11.6 Å². The number of hydrogen-bond acceptors (Lipinski definition) is 6. The Morgan fingerprint density at radius 2 is 1.82 bits per heavy atom. The first-order valence-electron chi connectivity index (χ1n) is 12.4. The number of alkyl halides is 2. The number of benzene rings is 2. The highest BCUT2D eigenvalue weighted by atomic mass is 35.5. The van der Waals surface area contributed by atoms with Crippen LogP contribution in [0.5, 0.6) is 0 Å². The van der Waals surface area contributed by atoms with Crippen LogP contribution in [0.25, 0.3) is 0 Å². The molecule has 2 fully saturated rings. The van der Waals surface area contributed by atoms with Gasteiger partial charge >= 0.3 is 0 Å². The topological polar surface area (TPSA) is 98.7 Å². The third-order valence-corrected chi connectivity index (χ3v) is 7.18. The molecule has 0 radical (unpaired) electrons. The van der Waals surface area contributed by atoms with E-state index in [4.69, 9.17) is 11.6 Å². The molecule has 2 amide bonds. The SMILES string of the molecule is O=C(NC1CC(F)(F)C1)C(c1ccccc1Cl)N(C(=O)C1CC(O)CN1c1ncccn1)c1cccc(F)c1. The van der Waals surface area contributed by atoms with Crippen molar-refractivity contribution in [2.24, 2.45) is 0 Å². The average Bonchev–Trinajstić information content (AvgIpc) is 3.28. The third-order valence-electron chi connectivity index (χ3n) is 6.84. The Bertz CT molecular complexity index is 1360. The van der Waals surface area contributed by atoms with E-state index in [0.29, 0.717) is 0 Å². The predicted molar refractivity (Wildman–Crippen MR) is 138 cm³/mol. The maximum Gasteiger partial charge on any atom is 0.252 e. The predicted octanol–water partition coefficient (Wildman–Crippen LogP) is 3.90. The van der Waals surface area contributed by atoms with E-state index in [1.165, 1.54) is 41.6 Å². The molecular weight excluding hydrogens is 535 g/mol. The molecule has 5 rings (SSSR count). The number of amides is 2. The largest absolute Gasteiger partial charge is 0.391 e. The number of anilines is 2. The number of nitrogens with zero attached hydrogens (tertiary/aromatic N) is 4. The first-order chi connectivity index (χ1) is 18.6. The molecule has 3 unspecified atom stereocenters. The summed E-state index contributed by atoms with van der Waals surface area (Å²) in [6.07, 6.45) is 1.02. The van der Waals surface area contributed by atoms with Crippen LogP contribution in [0.15, 0.2) is 67.0 Å². The van der Waals surface area contributed by atoms with E-state index in [1.807, 2.05) is 0 Å². The van der Waals surface area contributed by atoms with E-state index < -0.39 is 60.6 Å². The average molecular weight is 560 g/mol. The molecule has 2 heterocycles.